The molecule has 0 bridgehead atoms. The molecule has 0 aliphatic carbocycles. The van der Waals surface area contributed by atoms with Crippen LogP contribution in [0.25, 0.3) is 0 Å². The van der Waals surface area contributed by atoms with E-state index >= 15 is 0 Å². The molecule has 0 saturated carbocycles. The molecule has 2 aromatic rings. The zero-order chi connectivity index (χ0) is 13.1. The molecule has 92 valence electrons. The Morgan fingerprint density at radius 3 is 2.50 bits per heavy atom. The van der Waals surface area contributed by atoms with Gasteiger partial charge in [-0.05, 0) is 36.2 Å². The highest BCUT2D eigenvalue weighted by molar-refractivity contribution is 6.30. The average molecular weight is 260 g/mol. The number of benzene rings is 2. The van der Waals surface area contributed by atoms with Gasteiger partial charge in [0.05, 0.1) is 0 Å². The third-order valence-electron chi connectivity index (χ3n) is 2.95. The zero-order valence-electron chi connectivity index (χ0n) is 10.1. The number of hydrogen-bond donors (Lipinski definition) is 1. The van der Waals surface area contributed by atoms with Crippen molar-refractivity contribution in [2.24, 2.45) is 0 Å². The quantitative estimate of drug-likeness (QED) is 0.675. The Kier molecular flexibility index (Phi) is 3.68. The number of hydrogen-bond acceptors (Lipinski definition) is 2. The summed E-state index contributed by atoms with van der Waals surface area (Å²) in [6.45, 7) is 1.87. The molecule has 0 atom stereocenters. The Hall–Kier alpha value is -1.80. The molecule has 2 aromatic carbocycles. The number of ketones is 1. The number of Topliss-reactive ketones (excluding diaryl/α,β-unsaturated/α-hetero) is 1. The first-order valence-electron chi connectivity index (χ1n) is 5.70. The minimum absolute atomic E-state index is 0.0714. The van der Waals surface area contributed by atoms with E-state index in [1.54, 1.807) is 24.3 Å². The van der Waals surface area contributed by atoms with Crippen LogP contribution in [0.2, 0.25) is 5.02 Å². The van der Waals surface area contributed by atoms with Crippen LogP contribution in [0.15, 0.2) is 42.5 Å². The Balaban J connectivity index is 2.22. The van der Waals surface area contributed by atoms with Crippen molar-refractivity contribution in [3.05, 3.63) is 64.2 Å². The Morgan fingerprint density at radius 1 is 1.17 bits per heavy atom. The van der Waals surface area contributed by atoms with Crippen LogP contribution in [0.5, 0.6) is 0 Å². The fraction of sp³-hybridized carbons (Fsp3) is 0.133. The van der Waals surface area contributed by atoms with Gasteiger partial charge in [-0.2, -0.15) is 0 Å². The van der Waals surface area contributed by atoms with Crippen molar-refractivity contribution in [1.29, 1.82) is 0 Å². The van der Waals surface area contributed by atoms with E-state index in [0.717, 1.165) is 11.1 Å². The van der Waals surface area contributed by atoms with Gasteiger partial charge in [-0.3, -0.25) is 4.79 Å². The van der Waals surface area contributed by atoms with Crippen LogP contribution in [0.4, 0.5) is 5.69 Å². The minimum Gasteiger partial charge on any atom is -0.398 e. The summed E-state index contributed by atoms with van der Waals surface area (Å²) in [6, 6.07) is 12.7. The fourth-order valence-corrected chi connectivity index (χ4v) is 1.96. The SMILES string of the molecule is Cc1c(N)cccc1C(=O)Cc1ccc(Cl)cc1. The number of carbonyl (C=O) groups is 1. The van der Waals surface area contributed by atoms with Crippen LogP contribution in [-0.4, -0.2) is 5.78 Å². The van der Waals surface area contributed by atoms with Crippen molar-refractivity contribution in [2.75, 3.05) is 5.73 Å². The van der Waals surface area contributed by atoms with E-state index in [1.165, 1.54) is 0 Å². The number of nitrogens with two attached hydrogens (primary N) is 1. The molecule has 2 rings (SSSR count). The maximum atomic E-state index is 12.2. The van der Waals surface area contributed by atoms with Gasteiger partial charge in [0, 0.05) is 22.7 Å². The average Bonchev–Trinajstić information content (AvgIpc) is 2.35. The highest BCUT2D eigenvalue weighted by Gasteiger charge is 2.11. The molecule has 0 unspecified atom stereocenters. The maximum Gasteiger partial charge on any atom is 0.167 e. The predicted molar refractivity (Wildman–Crippen MR) is 75.1 cm³/mol. The predicted octanol–water partition coefficient (Wildman–Crippen LogP) is 3.66. The van der Waals surface area contributed by atoms with Gasteiger partial charge in [0.25, 0.3) is 0 Å². The second-order valence-electron chi connectivity index (χ2n) is 4.25. The van der Waals surface area contributed by atoms with Crippen LogP contribution in [0, 0.1) is 6.92 Å². The summed E-state index contributed by atoms with van der Waals surface area (Å²) in [5.41, 5.74) is 8.93. The fourth-order valence-electron chi connectivity index (χ4n) is 1.84. The van der Waals surface area contributed by atoms with Crippen molar-refractivity contribution in [2.45, 2.75) is 13.3 Å². The smallest absolute Gasteiger partial charge is 0.167 e. The van der Waals surface area contributed by atoms with Gasteiger partial charge in [0.15, 0.2) is 5.78 Å². The summed E-state index contributed by atoms with van der Waals surface area (Å²) >= 11 is 5.81. The number of carbonyl (C=O) groups excluding carboxylic acids is 1. The molecular formula is C15H14ClNO. The van der Waals surface area contributed by atoms with Gasteiger partial charge in [-0.25, -0.2) is 0 Å². The lowest BCUT2D eigenvalue weighted by atomic mass is 9.98. The van der Waals surface area contributed by atoms with Gasteiger partial charge in [0.2, 0.25) is 0 Å². The zero-order valence-corrected chi connectivity index (χ0v) is 10.9. The lowest BCUT2D eigenvalue weighted by Gasteiger charge is -2.07. The van der Waals surface area contributed by atoms with Crippen LogP contribution in [0.3, 0.4) is 0 Å². The van der Waals surface area contributed by atoms with E-state index in [4.69, 9.17) is 17.3 Å². The van der Waals surface area contributed by atoms with Gasteiger partial charge in [-0.1, -0.05) is 35.9 Å². The lowest BCUT2D eigenvalue weighted by molar-refractivity contribution is 0.0992. The number of nitrogen functional groups attached to an aromatic ring is 1. The highest BCUT2D eigenvalue weighted by atomic mass is 35.5. The van der Waals surface area contributed by atoms with E-state index in [-0.39, 0.29) is 5.78 Å². The first kappa shape index (κ1) is 12.7. The monoisotopic (exact) mass is 259 g/mol. The second kappa shape index (κ2) is 5.23. The van der Waals surface area contributed by atoms with Crippen molar-refractivity contribution in [3.8, 4) is 0 Å². The van der Waals surface area contributed by atoms with E-state index < -0.39 is 0 Å². The molecular weight excluding hydrogens is 246 g/mol. The van der Waals surface area contributed by atoms with Gasteiger partial charge in [0.1, 0.15) is 0 Å². The normalized spacial score (nSPS) is 10.3. The Bertz CT molecular complexity index is 576. The molecule has 0 heterocycles. The molecule has 0 fully saturated rings. The van der Waals surface area contributed by atoms with Crippen LogP contribution >= 0.6 is 11.6 Å². The van der Waals surface area contributed by atoms with Crippen LogP contribution < -0.4 is 5.73 Å². The largest absolute Gasteiger partial charge is 0.398 e. The molecule has 0 aromatic heterocycles. The van der Waals surface area contributed by atoms with Crippen molar-refractivity contribution in [1.82, 2.24) is 0 Å². The summed E-state index contributed by atoms with van der Waals surface area (Å²) in [4.78, 5) is 12.2. The number of rotatable bonds is 3. The van der Waals surface area contributed by atoms with Gasteiger partial charge in [-0.15, -0.1) is 0 Å². The van der Waals surface area contributed by atoms with E-state index in [1.807, 2.05) is 25.1 Å². The third-order valence-corrected chi connectivity index (χ3v) is 3.21. The first-order chi connectivity index (χ1) is 8.58. The Labute approximate surface area is 111 Å². The van der Waals surface area contributed by atoms with Crippen molar-refractivity contribution < 1.29 is 4.79 Å². The summed E-state index contributed by atoms with van der Waals surface area (Å²) in [5.74, 6) is 0.0714. The van der Waals surface area contributed by atoms with Gasteiger partial charge < -0.3 is 5.73 Å². The van der Waals surface area contributed by atoms with Crippen LogP contribution in [0.1, 0.15) is 21.5 Å². The Morgan fingerprint density at radius 2 is 1.83 bits per heavy atom. The molecule has 2 N–H and O–H groups in total. The minimum atomic E-state index is 0.0714. The summed E-state index contributed by atoms with van der Waals surface area (Å²) in [7, 11) is 0. The van der Waals surface area contributed by atoms with E-state index in [9.17, 15) is 4.79 Å². The molecule has 0 amide bonds. The number of halogens is 1. The number of anilines is 1. The maximum absolute atomic E-state index is 12.2. The molecule has 2 nitrogen and oxygen atoms in total. The van der Waals surface area contributed by atoms with E-state index in [2.05, 4.69) is 0 Å². The second-order valence-corrected chi connectivity index (χ2v) is 4.68. The van der Waals surface area contributed by atoms with Gasteiger partial charge >= 0.3 is 0 Å². The van der Waals surface area contributed by atoms with Crippen LogP contribution in [-0.2, 0) is 6.42 Å². The molecule has 0 aliphatic rings. The molecule has 0 spiro atoms. The van der Waals surface area contributed by atoms with Crippen molar-refractivity contribution in [3.63, 3.8) is 0 Å². The first-order valence-corrected chi connectivity index (χ1v) is 6.08. The topological polar surface area (TPSA) is 43.1 Å². The molecule has 3 heteroatoms. The molecule has 0 radical (unpaired) electrons. The highest BCUT2D eigenvalue weighted by Crippen LogP contribution is 2.18. The lowest BCUT2D eigenvalue weighted by Crippen LogP contribution is -2.07. The summed E-state index contributed by atoms with van der Waals surface area (Å²) < 4.78 is 0. The molecule has 18 heavy (non-hydrogen) atoms. The molecule has 0 aliphatic heterocycles. The van der Waals surface area contributed by atoms with E-state index in [0.29, 0.717) is 22.7 Å². The van der Waals surface area contributed by atoms with Crippen molar-refractivity contribution >= 4 is 23.1 Å². The standard InChI is InChI=1S/C15H14ClNO/c1-10-13(3-2-4-14(10)17)15(18)9-11-5-7-12(16)8-6-11/h2-8H,9,17H2,1H3. The summed E-state index contributed by atoms with van der Waals surface area (Å²) in [5, 5.41) is 0.673. The molecule has 0 saturated heterocycles. The summed E-state index contributed by atoms with van der Waals surface area (Å²) in [6.07, 6.45) is 0.363. The third kappa shape index (κ3) is 2.71.